The smallest absolute Gasteiger partial charge is 0.316 e. The SMILES string of the molecule is CCC(C)(C)C(=O)Oc1ccc(C(c2ccccc2)c2ccc(-c3ccc(N(c4ccccc4)c4cccc(C)c4)cc3)cc2)cc1. The Balaban J connectivity index is 1.27. The van der Waals surface area contributed by atoms with Crippen LogP contribution in [0.2, 0.25) is 0 Å². The zero-order valence-corrected chi connectivity index (χ0v) is 27.6. The normalized spacial score (nSPS) is 11.9. The van der Waals surface area contributed by atoms with Crippen molar-refractivity contribution in [2.24, 2.45) is 5.41 Å². The lowest BCUT2D eigenvalue weighted by atomic mass is 9.84. The maximum absolute atomic E-state index is 12.6. The molecule has 0 saturated heterocycles. The molecule has 3 nitrogen and oxygen atoms in total. The summed E-state index contributed by atoms with van der Waals surface area (Å²) in [5.41, 5.74) is 9.94. The molecule has 6 rings (SSSR count). The fraction of sp³-hybridized carbons (Fsp3) is 0.159. The number of hydrogen-bond donors (Lipinski definition) is 0. The molecule has 0 aliphatic carbocycles. The molecule has 0 heterocycles. The first-order valence-electron chi connectivity index (χ1n) is 16.3. The van der Waals surface area contributed by atoms with Gasteiger partial charge < -0.3 is 9.64 Å². The second kappa shape index (κ2) is 13.9. The van der Waals surface area contributed by atoms with Gasteiger partial charge in [-0.1, -0.05) is 116 Å². The molecule has 0 fully saturated rings. The molecule has 1 atom stereocenters. The summed E-state index contributed by atoms with van der Waals surface area (Å²) in [4.78, 5) is 14.9. The van der Waals surface area contributed by atoms with Gasteiger partial charge >= 0.3 is 5.97 Å². The summed E-state index contributed by atoms with van der Waals surface area (Å²) >= 11 is 0. The lowest BCUT2D eigenvalue weighted by Gasteiger charge is -2.26. The minimum Gasteiger partial charge on any atom is -0.426 e. The Hall–Kier alpha value is -5.41. The fourth-order valence-electron chi connectivity index (χ4n) is 5.80. The van der Waals surface area contributed by atoms with Crippen molar-refractivity contribution >= 4 is 23.0 Å². The molecule has 6 aromatic rings. The number of nitrogens with zero attached hydrogens (tertiary/aromatic N) is 1. The highest BCUT2D eigenvalue weighted by Crippen LogP contribution is 2.37. The summed E-state index contributed by atoms with van der Waals surface area (Å²) in [5, 5.41) is 0. The lowest BCUT2D eigenvalue weighted by molar-refractivity contribution is -0.144. The van der Waals surface area contributed by atoms with Crippen LogP contribution in [-0.2, 0) is 4.79 Å². The standard InChI is InChI=1S/C44H41NO2/c1-5-44(3,4)43(46)47-41-29-25-37(26-30-41)42(35-14-8-6-9-15-35)36-21-19-33(20-22-36)34-23-27-39(28-24-34)45(38-16-10-7-11-17-38)40-18-12-13-32(2)31-40/h6-31,42H,5H2,1-4H3. The van der Waals surface area contributed by atoms with E-state index in [9.17, 15) is 4.79 Å². The van der Waals surface area contributed by atoms with E-state index in [4.69, 9.17) is 4.74 Å². The van der Waals surface area contributed by atoms with Crippen LogP contribution in [0.3, 0.4) is 0 Å². The molecule has 234 valence electrons. The fourth-order valence-corrected chi connectivity index (χ4v) is 5.80. The van der Waals surface area contributed by atoms with Gasteiger partial charge in [0, 0.05) is 23.0 Å². The topological polar surface area (TPSA) is 29.5 Å². The van der Waals surface area contributed by atoms with Crippen LogP contribution in [0.1, 0.15) is 55.4 Å². The van der Waals surface area contributed by atoms with Gasteiger partial charge in [-0.2, -0.15) is 0 Å². The summed E-state index contributed by atoms with van der Waals surface area (Å²) < 4.78 is 5.72. The molecule has 0 bridgehead atoms. The van der Waals surface area contributed by atoms with Gasteiger partial charge in [0.15, 0.2) is 0 Å². The van der Waals surface area contributed by atoms with E-state index in [0.29, 0.717) is 5.75 Å². The van der Waals surface area contributed by atoms with E-state index in [1.54, 1.807) is 0 Å². The zero-order valence-electron chi connectivity index (χ0n) is 27.6. The first kappa shape index (κ1) is 31.6. The zero-order chi connectivity index (χ0) is 32.8. The van der Waals surface area contributed by atoms with Crippen LogP contribution in [0.5, 0.6) is 5.75 Å². The van der Waals surface area contributed by atoms with E-state index >= 15 is 0 Å². The molecule has 0 amide bonds. The van der Waals surface area contributed by atoms with Gasteiger partial charge in [0.2, 0.25) is 0 Å². The van der Waals surface area contributed by atoms with E-state index in [0.717, 1.165) is 40.2 Å². The van der Waals surface area contributed by atoms with Gasteiger partial charge in [0.25, 0.3) is 0 Å². The Morgan fingerprint density at radius 3 is 1.66 bits per heavy atom. The van der Waals surface area contributed by atoms with E-state index in [2.05, 4.69) is 145 Å². The molecule has 3 heteroatoms. The minimum absolute atomic E-state index is 0.0400. The molecule has 0 aromatic heterocycles. The van der Waals surface area contributed by atoms with Crippen molar-refractivity contribution in [1.82, 2.24) is 0 Å². The first-order chi connectivity index (χ1) is 22.8. The monoisotopic (exact) mass is 615 g/mol. The van der Waals surface area contributed by atoms with Crippen molar-refractivity contribution in [1.29, 1.82) is 0 Å². The Morgan fingerprint density at radius 1 is 0.596 bits per heavy atom. The van der Waals surface area contributed by atoms with Crippen molar-refractivity contribution in [3.63, 3.8) is 0 Å². The van der Waals surface area contributed by atoms with Crippen LogP contribution in [0.15, 0.2) is 158 Å². The lowest BCUT2D eigenvalue weighted by Crippen LogP contribution is -2.28. The number of ether oxygens (including phenoxy) is 1. The van der Waals surface area contributed by atoms with Crippen LogP contribution in [-0.4, -0.2) is 5.97 Å². The van der Waals surface area contributed by atoms with Gasteiger partial charge in [-0.3, -0.25) is 4.79 Å². The predicted octanol–water partition coefficient (Wildman–Crippen LogP) is 11.7. The highest BCUT2D eigenvalue weighted by atomic mass is 16.5. The third-order valence-corrected chi connectivity index (χ3v) is 8.97. The second-order valence-corrected chi connectivity index (χ2v) is 12.7. The van der Waals surface area contributed by atoms with E-state index in [1.807, 2.05) is 45.0 Å². The van der Waals surface area contributed by atoms with Crippen molar-refractivity contribution in [2.75, 3.05) is 4.90 Å². The van der Waals surface area contributed by atoms with Crippen LogP contribution in [0.25, 0.3) is 11.1 Å². The molecule has 0 N–H and O–H groups in total. The van der Waals surface area contributed by atoms with Crippen molar-refractivity contribution in [2.45, 2.75) is 40.0 Å². The van der Waals surface area contributed by atoms with Gasteiger partial charge in [-0.05, 0) is 109 Å². The summed E-state index contributed by atoms with van der Waals surface area (Å²) in [6, 6.07) is 55.2. The van der Waals surface area contributed by atoms with E-state index in [-0.39, 0.29) is 11.9 Å². The average molecular weight is 616 g/mol. The maximum Gasteiger partial charge on any atom is 0.316 e. The van der Waals surface area contributed by atoms with Gasteiger partial charge in [-0.15, -0.1) is 0 Å². The number of rotatable bonds is 10. The summed E-state index contributed by atoms with van der Waals surface area (Å²) in [6.45, 7) is 7.96. The molecule has 6 aromatic carbocycles. The Bertz CT molecular complexity index is 1910. The quantitative estimate of drug-likeness (QED) is 0.0872. The van der Waals surface area contributed by atoms with Crippen molar-refractivity contribution in [3.05, 3.63) is 180 Å². The van der Waals surface area contributed by atoms with E-state index in [1.165, 1.54) is 16.7 Å². The molecule has 0 radical (unpaired) electrons. The summed E-state index contributed by atoms with van der Waals surface area (Å²) in [5.74, 6) is 0.399. The van der Waals surface area contributed by atoms with Crippen LogP contribution in [0.4, 0.5) is 17.1 Å². The summed E-state index contributed by atoms with van der Waals surface area (Å²) in [6.07, 6.45) is 0.722. The molecule has 47 heavy (non-hydrogen) atoms. The average Bonchev–Trinajstić information content (AvgIpc) is 3.11. The molecule has 0 spiro atoms. The van der Waals surface area contributed by atoms with Gasteiger partial charge in [0.1, 0.15) is 5.75 Å². The first-order valence-corrected chi connectivity index (χ1v) is 16.3. The number of esters is 1. The number of anilines is 3. The number of benzene rings is 6. The van der Waals surface area contributed by atoms with Crippen LogP contribution >= 0.6 is 0 Å². The molecular formula is C44H41NO2. The molecule has 1 unspecified atom stereocenters. The predicted molar refractivity (Wildman–Crippen MR) is 195 cm³/mol. The maximum atomic E-state index is 12.6. The largest absolute Gasteiger partial charge is 0.426 e. The van der Waals surface area contributed by atoms with Crippen molar-refractivity contribution in [3.8, 4) is 16.9 Å². The summed E-state index contributed by atoms with van der Waals surface area (Å²) in [7, 11) is 0. The molecule has 0 saturated carbocycles. The third-order valence-electron chi connectivity index (χ3n) is 8.97. The van der Waals surface area contributed by atoms with Gasteiger partial charge in [-0.25, -0.2) is 0 Å². The number of hydrogen-bond acceptors (Lipinski definition) is 3. The molecular weight excluding hydrogens is 574 g/mol. The number of carbonyl (C=O) groups is 1. The highest BCUT2D eigenvalue weighted by Gasteiger charge is 2.28. The third kappa shape index (κ3) is 7.21. The van der Waals surface area contributed by atoms with E-state index < -0.39 is 5.41 Å². The Morgan fingerprint density at radius 2 is 1.09 bits per heavy atom. The number of para-hydroxylation sites is 1. The Kier molecular flexibility index (Phi) is 9.35. The molecule has 0 aliphatic rings. The number of carbonyl (C=O) groups excluding carboxylic acids is 1. The highest BCUT2D eigenvalue weighted by molar-refractivity contribution is 5.79. The van der Waals surface area contributed by atoms with Crippen LogP contribution in [0, 0.1) is 12.3 Å². The second-order valence-electron chi connectivity index (χ2n) is 12.7. The Labute approximate surface area is 279 Å². The van der Waals surface area contributed by atoms with Gasteiger partial charge in [0.05, 0.1) is 5.41 Å². The number of aryl methyl sites for hydroxylation is 1. The van der Waals surface area contributed by atoms with Crippen molar-refractivity contribution < 1.29 is 9.53 Å². The molecule has 0 aliphatic heterocycles. The van der Waals surface area contributed by atoms with Crippen LogP contribution < -0.4 is 9.64 Å². The minimum atomic E-state index is -0.518.